The third kappa shape index (κ3) is 4.55. The fourth-order valence-corrected chi connectivity index (χ4v) is 4.69. The Bertz CT molecular complexity index is 1060. The van der Waals surface area contributed by atoms with Crippen LogP contribution in [0.1, 0.15) is 23.1 Å². The number of likely N-dealkylation sites (N-methyl/N-ethyl adjacent to an activating group) is 1. The summed E-state index contributed by atoms with van der Waals surface area (Å²) < 4.78 is 5.49. The lowest BCUT2D eigenvalue weighted by Crippen LogP contribution is -2.20. The average Bonchev–Trinajstić information content (AvgIpc) is 3.17. The third-order valence-electron chi connectivity index (χ3n) is 5.67. The molecule has 0 amide bonds. The minimum atomic E-state index is -0.807. The first-order chi connectivity index (χ1) is 14.5. The molecule has 0 spiro atoms. The number of aryl methyl sites for hydroxylation is 1. The second-order valence-corrected chi connectivity index (χ2v) is 8.60. The van der Waals surface area contributed by atoms with Gasteiger partial charge in [0.05, 0.1) is 12.8 Å². The van der Waals surface area contributed by atoms with E-state index >= 15 is 0 Å². The van der Waals surface area contributed by atoms with E-state index in [0.717, 1.165) is 53.3 Å². The predicted octanol–water partition coefficient (Wildman–Crippen LogP) is 4.53. The van der Waals surface area contributed by atoms with Gasteiger partial charge in [-0.25, -0.2) is 4.98 Å². The Morgan fingerprint density at radius 1 is 1.13 bits per heavy atom. The van der Waals surface area contributed by atoms with E-state index in [1.807, 2.05) is 18.2 Å². The summed E-state index contributed by atoms with van der Waals surface area (Å²) in [5.74, 6) is -0.0993. The maximum absolute atomic E-state index is 10.9. The highest BCUT2D eigenvalue weighted by molar-refractivity contribution is 7.13. The first kappa shape index (κ1) is 20.6. The van der Waals surface area contributed by atoms with Crippen molar-refractivity contribution in [2.45, 2.75) is 25.7 Å². The number of ether oxygens (including phenoxy) is 1. The highest BCUT2D eigenvalue weighted by atomic mass is 32.1. The van der Waals surface area contributed by atoms with Crippen LogP contribution in [-0.4, -0.2) is 48.2 Å². The fraction of sp³-hybridized carbons (Fsp3) is 0.333. The van der Waals surface area contributed by atoms with Crippen molar-refractivity contribution in [3.8, 4) is 27.6 Å². The van der Waals surface area contributed by atoms with Crippen LogP contribution >= 0.6 is 11.3 Å². The zero-order chi connectivity index (χ0) is 21.1. The number of thiazole rings is 1. The highest BCUT2D eigenvalue weighted by Crippen LogP contribution is 2.33. The van der Waals surface area contributed by atoms with Gasteiger partial charge in [0.2, 0.25) is 0 Å². The molecule has 0 radical (unpaired) electrons. The van der Waals surface area contributed by atoms with Gasteiger partial charge in [-0.3, -0.25) is 4.79 Å². The quantitative estimate of drug-likeness (QED) is 0.632. The molecule has 3 aromatic rings. The van der Waals surface area contributed by atoms with Gasteiger partial charge in [0.25, 0.3) is 0 Å². The molecule has 0 atom stereocenters. The molecular formula is C24H26N2O3S. The second-order valence-electron chi connectivity index (χ2n) is 7.75. The number of aliphatic carboxylic acids is 1. The summed E-state index contributed by atoms with van der Waals surface area (Å²) in [6.45, 7) is 2.20. The number of hydrogen-bond acceptors (Lipinski definition) is 5. The maximum atomic E-state index is 10.9. The minimum Gasteiger partial charge on any atom is -0.496 e. The van der Waals surface area contributed by atoms with Gasteiger partial charge < -0.3 is 14.7 Å². The molecular weight excluding hydrogens is 396 g/mol. The summed E-state index contributed by atoms with van der Waals surface area (Å²) in [5.41, 5.74) is 6.90. The number of carboxylic acid groups (broad SMARTS) is 1. The molecule has 1 N–H and O–H groups in total. The summed E-state index contributed by atoms with van der Waals surface area (Å²) in [4.78, 5) is 18.1. The molecule has 0 bridgehead atoms. The Morgan fingerprint density at radius 2 is 1.90 bits per heavy atom. The van der Waals surface area contributed by atoms with E-state index in [-0.39, 0.29) is 6.42 Å². The van der Waals surface area contributed by atoms with Gasteiger partial charge in [-0.1, -0.05) is 24.3 Å². The lowest BCUT2D eigenvalue weighted by Gasteiger charge is -2.10. The van der Waals surface area contributed by atoms with Crippen LogP contribution in [0.3, 0.4) is 0 Å². The summed E-state index contributed by atoms with van der Waals surface area (Å²) in [6.07, 6.45) is 2.71. The zero-order valence-electron chi connectivity index (χ0n) is 17.4. The monoisotopic (exact) mass is 422 g/mol. The van der Waals surface area contributed by atoms with E-state index in [1.165, 1.54) is 11.1 Å². The number of carbonyl (C=O) groups is 1. The van der Waals surface area contributed by atoms with E-state index in [2.05, 4.69) is 35.5 Å². The van der Waals surface area contributed by atoms with Crippen LogP contribution in [0.4, 0.5) is 0 Å². The second kappa shape index (κ2) is 8.98. The first-order valence-electron chi connectivity index (χ1n) is 10.2. The summed E-state index contributed by atoms with van der Waals surface area (Å²) in [7, 11) is 3.80. The van der Waals surface area contributed by atoms with Gasteiger partial charge >= 0.3 is 5.97 Å². The normalized spacial score (nSPS) is 14.2. The molecule has 156 valence electrons. The van der Waals surface area contributed by atoms with E-state index in [4.69, 9.17) is 14.8 Å². The van der Waals surface area contributed by atoms with Crippen LogP contribution < -0.4 is 4.74 Å². The van der Waals surface area contributed by atoms with Crippen molar-refractivity contribution in [2.24, 2.45) is 0 Å². The number of carboxylic acids is 1. The third-order valence-corrected chi connectivity index (χ3v) is 6.57. The fourth-order valence-electron chi connectivity index (χ4n) is 3.86. The Balaban J connectivity index is 1.58. The topological polar surface area (TPSA) is 62.7 Å². The number of benzene rings is 2. The molecule has 2 aromatic carbocycles. The number of fused-ring (bicyclic) bond motifs is 1. The van der Waals surface area contributed by atoms with Crippen molar-refractivity contribution >= 4 is 17.3 Å². The summed E-state index contributed by atoms with van der Waals surface area (Å²) in [6, 6.07) is 12.6. The standard InChI is InChI=1S/C24H26N2O3S/c1-26-11-9-16-3-5-19(13-18(16)10-12-26)21-15-30-24(25-21)20-6-4-17(7-8-23(27)28)22(14-20)29-2/h3-6,13-15H,7-12H2,1-2H3,(H,27,28). The summed E-state index contributed by atoms with van der Waals surface area (Å²) in [5, 5.41) is 12.0. The molecule has 0 unspecified atom stereocenters. The number of nitrogens with zero attached hydrogens (tertiary/aromatic N) is 2. The molecule has 4 rings (SSSR count). The van der Waals surface area contributed by atoms with Crippen molar-refractivity contribution < 1.29 is 14.6 Å². The van der Waals surface area contributed by atoms with Crippen molar-refractivity contribution in [3.05, 3.63) is 58.5 Å². The molecule has 0 fully saturated rings. The largest absolute Gasteiger partial charge is 0.496 e. The Morgan fingerprint density at radius 3 is 2.67 bits per heavy atom. The average molecular weight is 423 g/mol. The van der Waals surface area contributed by atoms with Crippen molar-refractivity contribution in [1.29, 1.82) is 0 Å². The number of rotatable bonds is 6. The van der Waals surface area contributed by atoms with Crippen molar-refractivity contribution in [3.63, 3.8) is 0 Å². The molecule has 5 nitrogen and oxygen atoms in total. The molecule has 6 heteroatoms. The lowest BCUT2D eigenvalue weighted by molar-refractivity contribution is -0.136. The van der Waals surface area contributed by atoms with Crippen LogP contribution in [0.15, 0.2) is 41.8 Å². The van der Waals surface area contributed by atoms with Crippen molar-refractivity contribution in [1.82, 2.24) is 9.88 Å². The smallest absolute Gasteiger partial charge is 0.303 e. The predicted molar refractivity (Wildman–Crippen MR) is 120 cm³/mol. The highest BCUT2D eigenvalue weighted by Gasteiger charge is 2.14. The van der Waals surface area contributed by atoms with E-state index in [1.54, 1.807) is 18.4 Å². The molecule has 0 saturated heterocycles. The Hall–Kier alpha value is -2.70. The van der Waals surface area contributed by atoms with Gasteiger partial charge in [-0.05, 0) is 55.1 Å². The van der Waals surface area contributed by atoms with E-state index in [0.29, 0.717) is 12.2 Å². The van der Waals surface area contributed by atoms with Crippen LogP contribution in [0.5, 0.6) is 5.75 Å². The van der Waals surface area contributed by atoms with Gasteiger partial charge in [0, 0.05) is 36.0 Å². The Kier molecular flexibility index (Phi) is 6.16. The van der Waals surface area contributed by atoms with Crippen molar-refractivity contribution in [2.75, 3.05) is 27.2 Å². The molecule has 1 aliphatic rings. The molecule has 2 heterocycles. The van der Waals surface area contributed by atoms with Crippen LogP contribution in [0.25, 0.3) is 21.8 Å². The maximum Gasteiger partial charge on any atom is 0.303 e. The molecule has 30 heavy (non-hydrogen) atoms. The number of hydrogen-bond donors (Lipinski definition) is 1. The lowest BCUT2D eigenvalue weighted by atomic mass is 9.99. The van der Waals surface area contributed by atoms with Gasteiger partial charge in [0.1, 0.15) is 10.8 Å². The number of aromatic nitrogens is 1. The summed E-state index contributed by atoms with van der Waals surface area (Å²) >= 11 is 1.61. The first-order valence-corrected chi connectivity index (χ1v) is 11.1. The molecule has 1 aromatic heterocycles. The molecule has 0 saturated carbocycles. The van der Waals surface area contributed by atoms with Crippen LogP contribution in [-0.2, 0) is 24.1 Å². The SMILES string of the molecule is COc1cc(-c2nc(-c3ccc4c(c3)CCN(C)CC4)cs2)ccc1CCC(=O)O. The van der Waals surface area contributed by atoms with E-state index in [9.17, 15) is 4.79 Å². The van der Waals surface area contributed by atoms with E-state index < -0.39 is 5.97 Å². The molecule has 0 aliphatic carbocycles. The minimum absolute atomic E-state index is 0.0885. The van der Waals surface area contributed by atoms with Gasteiger partial charge in [-0.15, -0.1) is 11.3 Å². The van der Waals surface area contributed by atoms with Crippen LogP contribution in [0, 0.1) is 0 Å². The van der Waals surface area contributed by atoms with Gasteiger partial charge in [-0.2, -0.15) is 0 Å². The Labute approximate surface area is 181 Å². The zero-order valence-corrected chi connectivity index (χ0v) is 18.2. The molecule has 1 aliphatic heterocycles. The van der Waals surface area contributed by atoms with Crippen LogP contribution in [0.2, 0.25) is 0 Å². The van der Waals surface area contributed by atoms with Gasteiger partial charge in [0.15, 0.2) is 0 Å². The number of methoxy groups -OCH3 is 1.